The van der Waals surface area contributed by atoms with Crippen LogP contribution in [0, 0.1) is 14.9 Å². The highest BCUT2D eigenvalue weighted by atomic mass is 127. The molecule has 0 saturated heterocycles. The molecule has 0 heterocycles. The van der Waals surface area contributed by atoms with Gasteiger partial charge in [-0.05, 0) is 71.0 Å². The minimum absolute atomic E-state index is 0.553. The molecule has 0 unspecified atom stereocenters. The van der Waals surface area contributed by atoms with Crippen LogP contribution in [0.1, 0.15) is 18.1 Å². The maximum absolute atomic E-state index is 9.46. The standard InChI is InChI=1S/C18H15BrINO2/c1-3-23-17-10-12(9-16(20)18(17)22-2)8-14(11-21)13-4-6-15(19)7-5-13/h4-10H,3H2,1-2H3/b14-8-. The molecule has 3 nitrogen and oxygen atoms in total. The topological polar surface area (TPSA) is 42.2 Å². The van der Waals surface area contributed by atoms with Gasteiger partial charge in [-0.25, -0.2) is 0 Å². The van der Waals surface area contributed by atoms with Crippen molar-refractivity contribution in [2.24, 2.45) is 0 Å². The van der Waals surface area contributed by atoms with Gasteiger partial charge in [-0.3, -0.25) is 0 Å². The molecular formula is C18H15BrINO2. The summed E-state index contributed by atoms with van der Waals surface area (Å²) < 4.78 is 12.9. The Kier molecular flexibility index (Phi) is 6.48. The van der Waals surface area contributed by atoms with Gasteiger partial charge in [-0.2, -0.15) is 5.26 Å². The van der Waals surface area contributed by atoms with E-state index in [1.807, 2.05) is 49.4 Å². The Labute approximate surface area is 158 Å². The van der Waals surface area contributed by atoms with Gasteiger partial charge in [-0.15, -0.1) is 0 Å². The Hall–Kier alpha value is -1.52. The summed E-state index contributed by atoms with van der Waals surface area (Å²) in [5.41, 5.74) is 2.37. The quantitative estimate of drug-likeness (QED) is 0.319. The zero-order valence-corrected chi connectivity index (χ0v) is 16.5. The maximum atomic E-state index is 9.46. The van der Waals surface area contributed by atoms with Gasteiger partial charge in [-0.1, -0.05) is 28.1 Å². The molecule has 0 atom stereocenters. The van der Waals surface area contributed by atoms with Crippen LogP contribution in [0.15, 0.2) is 40.9 Å². The number of halogens is 2. The Morgan fingerprint density at radius 3 is 2.57 bits per heavy atom. The van der Waals surface area contributed by atoms with Crippen LogP contribution in [-0.4, -0.2) is 13.7 Å². The molecule has 0 fully saturated rings. The molecular weight excluding hydrogens is 469 g/mol. The predicted octanol–water partition coefficient (Wildman–Crippen LogP) is 5.53. The molecule has 0 amide bonds. The number of nitriles is 1. The summed E-state index contributed by atoms with van der Waals surface area (Å²) in [4.78, 5) is 0. The lowest BCUT2D eigenvalue weighted by molar-refractivity contribution is 0.309. The molecule has 0 aliphatic rings. The van der Waals surface area contributed by atoms with Crippen LogP contribution in [0.4, 0.5) is 0 Å². The fourth-order valence-corrected chi connectivity index (χ4v) is 3.22. The molecule has 0 aliphatic carbocycles. The minimum Gasteiger partial charge on any atom is -0.492 e. The van der Waals surface area contributed by atoms with E-state index in [9.17, 15) is 5.26 Å². The van der Waals surface area contributed by atoms with Crippen molar-refractivity contribution in [1.29, 1.82) is 5.26 Å². The maximum Gasteiger partial charge on any atom is 0.174 e. The fraction of sp³-hybridized carbons (Fsp3) is 0.167. The van der Waals surface area contributed by atoms with E-state index in [0.717, 1.165) is 19.2 Å². The van der Waals surface area contributed by atoms with E-state index >= 15 is 0 Å². The molecule has 2 aromatic rings. The van der Waals surface area contributed by atoms with Crippen molar-refractivity contribution in [3.05, 3.63) is 55.6 Å². The fourth-order valence-electron chi connectivity index (χ4n) is 2.11. The first kappa shape index (κ1) is 17.8. The molecule has 0 aromatic heterocycles. The van der Waals surface area contributed by atoms with E-state index in [0.29, 0.717) is 23.7 Å². The summed E-state index contributed by atoms with van der Waals surface area (Å²) in [5.74, 6) is 1.40. The van der Waals surface area contributed by atoms with Crippen LogP contribution in [0.2, 0.25) is 0 Å². The van der Waals surface area contributed by atoms with Gasteiger partial charge in [0.2, 0.25) is 0 Å². The number of allylic oxidation sites excluding steroid dienone is 1. The van der Waals surface area contributed by atoms with Crippen molar-refractivity contribution in [2.45, 2.75) is 6.92 Å². The van der Waals surface area contributed by atoms with Crippen molar-refractivity contribution in [3.8, 4) is 17.6 Å². The molecule has 23 heavy (non-hydrogen) atoms. The zero-order valence-electron chi connectivity index (χ0n) is 12.8. The average Bonchev–Trinajstić information content (AvgIpc) is 2.54. The van der Waals surface area contributed by atoms with Crippen LogP contribution in [0.25, 0.3) is 11.6 Å². The SMILES string of the molecule is CCOc1cc(/C=C(/C#N)c2ccc(Br)cc2)cc(I)c1OC. The van der Waals surface area contributed by atoms with Gasteiger partial charge in [0.15, 0.2) is 11.5 Å². The normalized spacial score (nSPS) is 11.0. The second-order valence-corrected chi connectivity index (χ2v) is 6.72. The first-order valence-electron chi connectivity index (χ1n) is 6.97. The summed E-state index contributed by atoms with van der Waals surface area (Å²) in [7, 11) is 1.62. The Bertz CT molecular complexity index is 764. The van der Waals surface area contributed by atoms with Gasteiger partial charge in [0.25, 0.3) is 0 Å². The Morgan fingerprint density at radius 2 is 2.00 bits per heavy atom. The van der Waals surface area contributed by atoms with Gasteiger partial charge in [0.05, 0.1) is 28.9 Å². The van der Waals surface area contributed by atoms with Crippen molar-refractivity contribution in [1.82, 2.24) is 0 Å². The highest BCUT2D eigenvalue weighted by Crippen LogP contribution is 2.35. The van der Waals surface area contributed by atoms with Crippen molar-refractivity contribution < 1.29 is 9.47 Å². The van der Waals surface area contributed by atoms with Gasteiger partial charge in [0, 0.05) is 4.47 Å². The minimum atomic E-state index is 0.553. The van der Waals surface area contributed by atoms with E-state index < -0.39 is 0 Å². The Balaban J connectivity index is 2.48. The van der Waals surface area contributed by atoms with Crippen LogP contribution in [-0.2, 0) is 0 Å². The highest BCUT2D eigenvalue weighted by molar-refractivity contribution is 14.1. The van der Waals surface area contributed by atoms with E-state index in [-0.39, 0.29) is 0 Å². The van der Waals surface area contributed by atoms with Crippen LogP contribution in [0.5, 0.6) is 11.5 Å². The first-order chi connectivity index (χ1) is 11.1. The van der Waals surface area contributed by atoms with Crippen molar-refractivity contribution in [2.75, 3.05) is 13.7 Å². The predicted molar refractivity (Wildman–Crippen MR) is 105 cm³/mol. The van der Waals surface area contributed by atoms with E-state index in [2.05, 4.69) is 44.6 Å². The van der Waals surface area contributed by atoms with Gasteiger partial charge >= 0.3 is 0 Å². The second kappa shape index (κ2) is 8.37. The number of nitrogens with zero attached hydrogens (tertiary/aromatic N) is 1. The highest BCUT2D eigenvalue weighted by Gasteiger charge is 2.11. The Morgan fingerprint density at radius 1 is 1.30 bits per heavy atom. The second-order valence-electron chi connectivity index (χ2n) is 4.64. The molecule has 2 rings (SSSR count). The summed E-state index contributed by atoms with van der Waals surface area (Å²) >= 11 is 5.61. The zero-order chi connectivity index (χ0) is 16.8. The smallest absolute Gasteiger partial charge is 0.174 e. The third-order valence-corrected chi connectivity index (χ3v) is 4.45. The molecule has 0 aliphatic heterocycles. The summed E-state index contributed by atoms with van der Waals surface area (Å²) in [6, 6.07) is 13.8. The van der Waals surface area contributed by atoms with Gasteiger partial charge < -0.3 is 9.47 Å². The molecule has 5 heteroatoms. The number of ether oxygens (including phenoxy) is 2. The molecule has 0 saturated carbocycles. The average molecular weight is 484 g/mol. The number of methoxy groups -OCH3 is 1. The van der Waals surface area contributed by atoms with E-state index in [1.54, 1.807) is 7.11 Å². The van der Waals surface area contributed by atoms with Crippen LogP contribution in [0.3, 0.4) is 0 Å². The molecule has 2 aromatic carbocycles. The van der Waals surface area contributed by atoms with E-state index in [1.165, 1.54) is 0 Å². The molecule has 0 radical (unpaired) electrons. The molecule has 0 N–H and O–H groups in total. The lowest BCUT2D eigenvalue weighted by Crippen LogP contribution is -1.98. The number of hydrogen-bond donors (Lipinski definition) is 0. The van der Waals surface area contributed by atoms with Gasteiger partial charge in [0.1, 0.15) is 0 Å². The molecule has 118 valence electrons. The van der Waals surface area contributed by atoms with Crippen molar-refractivity contribution >= 4 is 50.2 Å². The first-order valence-corrected chi connectivity index (χ1v) is 8.84. The third-order valence-electron chi connectivity index (χ3n) is 3.12. The molecule has 0 spiro atoms. The van der Waals surface area contributed by atoms with E-state index in [4.69, 9.17) is 9.47 Å². The largest absolute Gasteiger partial charge is 0.492 e. The lowest BCUT2D eigenvalue weighted by Gasteiger charge is -2.12. The summed E-state index contributed by atoms with van der Waals surface area (Å²) in [6.07, 6.45) is 1.85. The lowest BCUT2D eigenvalue weighted by atomic mass is 10.0. The number of hydrogen-bond acceptors (Lipinski definition) is 3. The summed E-state index contributed by atoms with van der Waals surface area (Å²) in [6.45, 7) is 2.48. The molecule has 0 bridgehead atoms. The number of benzene rings is 2. The van der Waals surface area contributed by atoms with Crippen LogP contribution >= 0.6 is 38.5 Å². The monoisotopic (exact) mass is 483 g/mol. The summed E-state index contributed by atoms with van der Waals surface area (Å²) in [5, 5.41) is 9.46. The number of rotatable bonds is 5. The third kappa shape index (κ3) is 4.49. The van der Waals surface area contributed by atoms with Crippen LogP contribution < -0.4 is 9.47 Å². The van der Waals surface area contributed by atoms with Crippen molar-refractivity contribution in [3.63, 3.8) is 0 Å².